The molecule has 0 fully saturated rings. The maximum atomic E-state index is 14.6. The van der Waals surface area contributed by atoms with Crippen molar-refractivity contribution in [3.8, 4) is 22.5 Å². The molecule has 56 heavy (non-hydrogen) atoms. The molecule has 8 nitrogen and oxygen atoms in total. The third-order valence-electron chi connectivity index (χ3n) is 9.28. The Labute approximate surface area is 318 Å². The maximum Gasteiger partial charge on any atom is 0.209 e. The van der Waals surface area contributed by atoms with E-state index in [1.807, 2.05) is 64.1 Å². The van der Waals surface area contributed by atoms with Gasteiger partial charge in [0.1, 0.15) is 36.3 Å². The fourth-order valence-electron chi connectivity index (χ4n) is 6.56. The first kappa shape index (κ1) is 38.4. The standard InChI is InChI=1S/C41H29F5N3O5S2/c1-21-9-7-10-22(2)39(21)47-25-15-17-27-30(19-25)54-31-20-26(48-40-23(3)11-8-12-24(40)4)16-18-28(31)33(27)29-13-5-6-14-32(29)55(50,51)49-56(52,53)41-37(45)35(43)34(42)36(44)38(41)46/h5-20,47H,1-4H3/q-1/p+1. The van der Waals surface area contributed by atoms with Gasteiger partial charge in [-0.15, -0.1) is 0 Å². The van der Waals surface area contributed by atoms with Crippen molar-refractivity contribution >= 4 is 48.1 Å². The molecule has 1 aliphatic heterocycles. The maximum absolute atomic E-state index is 14.6. The molecule has 0 aromatic heterocycles. The van der Waals surface area contributed by atoms with Crippen LogP contribution in [0.4, 0.5) is 39.0 Å². The second-order valence-corrected chi connectivity index (χ2v) is 16.4. The summed E-state index contributed by atoms with van der Waals surface area (Å²) < 4.78 is 134. The molecule has 0 radical (unpaired) electrons. The summed E-state index contributed by atoms with van der Waals surface area (Å²) in [6, 6.07) is 27.0. The van der Waals surface area contributed by atoms with E-state index in [1.54, 1.807) is 36.4 Å². The number of hydrogen-bond donors (Lipinski definition) is 2. The molecule has 5 aromatic rings. The molecule has 0 atom stereocenters. The van der Waals surface area contributed by atoms with E-state index in [0.717, 1.165) is 39.7 Å². The second kappa shape index (κ2) is 14.3. The highest BCUT2D eigenvalue weighted by Gasteiger charge is 2.32. The van der Waals surface area contributed by atoms with Crippen molar-refractivity contribution in [1.29, 1.82) is 0 Å². The average molecular weight is 804 g/mol. The highest BCUT2D eigenvalue weighted by molar-refractivity contribution is 8.12. The van der Waals surface area contributed by atoms with Gasteiger partial charge in [-0.2, -0.15) is 0 Å². The summed E-state index contributed by atoms with van der Waals surface area (Å²) in [6.07, 6.45) is 0. The van der Waals surface area contributed by atoms with Crippen LogP contribution in [0.25, 0.3) is 37.5 Å². The number of nitrogens with one attached hydrogen (secondary N) is 2. The van der Waals surface area contributed by atoms with E-state index >= 15 is 0 Å². The molecule has 0 spiro atoms. The van der Waals surface area contributed by atoms with Gasteiger partial charge in [-0.1, -0.05) is 54.6 Å². The Morgan fingerprint density at radius 2 is 1.20 bits per heavy atom. The molecule has 1 heterocycles. The van der Waals surface area contributed by atoms with Crippen molar-refractivity contribution in [3.63, 3.8) is 0 Å². The van der Waals surface area contributed by atoms with Gasteiger partial charge in [-0.05, 0) is 63.1 Å². The van der Waals surface area contributed by atoms with E-state index in [9.17, 15) is 38.8 Å². The van der Waals surface area contributed by atoms with Gasteiger partial charge in [-0.3, -0.25) is 0 Å². The number of fused-ring (bicyclic) bond motifs is 2. The summed E-state index contributed by atoms with van der Waals surface area (Å²) in [5.41, 5.74) is 7.08. The Hall–Kier alpha value is -5.90. The van der Waals surface area contributed by atoms with E-state index in [1.165, 1.54) is 18.2 Å². The minimum atomic E-state index is -6.05. The summed E-state index contributed by atoms with van der Waals surface area (Å²) in [5, 5.41) is 4.41. The number of sulfonamides is 2. The highest BCUT2D eigenvalue weighted by Crippen LogP contribution is 2.44. The lowest BCUT2D eigenvalue weighted by atomic mass is 9.93. The summed E-state index contributed by atoms with van der Waals surface area (Å²) in [4.78, 5) is 0.261. The summed E-state index contributed by atoms with van der Waals surface area (Å²) in [5.74, 6) is -13.0. The molecule has 2 aliphatic rings. The van der Waals surface area contributed by atoms with Crippen LogP contribution >= 0.6 is 0 Å². The second-order valence-electron chi connectivity index (χ2n) is 13.1. The van der Waals surface area contributed by atoms with Gasteiger partial charge in [0.25, 0.3) is 0 Å². The van der Waals surface area contributed by atoms with Crippen molar-refractivity contribution < 1.29 is 48.2 Å². The van der Waals surface area contributed by atoms with Crippen molar-refractivity contribution in [2.45, 2.75) is 37.5 Å². The van der Waals surface area contributed by atoms with Crippen molar-refractivity contribution in [2.75, 3.05) is 5.32 Å². The minimum Gasteiger partial charge on any atom is -0.456 e. The van der Waals surface area contributed by atoms with Crippen LogP contribution in [0.5, 0.6) is 0 Å². The van der Waals surface area contributed by atoms with Crippen LogP contribution in [0.15, 0.2) is 111 Å². The summed E-state index contributed by atoms with van der Waals surface area (Å²) >= 11 is 0. The first-order valence-electron chi connectivity index (χ1n) is 16.8. The molecule has 0 saturated heterocycles. The quantitative estimate of drug-likeness (QED) is 0.0687. The van der Waals surface area contributed by atoms with Crippen LogP contribution in [0.1, 0.15) is 22.3 Å². The Balaban J connectivity index is 1.45. The van der Waals surface area contributed by atoms with E-state index in [4.69, 9.17) is 4.42 Å². The summed E-state index contributed by atoms with van der Waals surface area (Å²) in [6.45, 7) is 7.80. The zero-order valence-corrected chi connectivity index (χ0v) is 31.6. The van der Waals surface area contributed by atoms with Crippen LogP contribution in [-0.2, 0) is 20.0 Å². The fourth-order valence-corrected chi connectivity index (χ4v) is 9.55. The number of para-hydroxylation sites is 2. The minimum absolute atomic E-state index is 0.0967. The predicted octanol–water partition coefficient (Wildman–Crippen LogP) is 8.64. The fraction of sp³-hybridized carbons (Fsp3) is 0.0976. The Morgan fingerprint density at radius 1 is 0.607 bits per heavy atom. The van der Waals surface area contributed by atoms with Gasteiger partial charge < -0.3 is 13.9 Å². The van der Waals surface area contributed by atoms with Crippen LogP contribution in [0, 0.1) is 56.8 Å². The van der Waals surface area contributed by atoms with Gasteiger partial charge >= 0.3 is 0 Å². The van der Waals surface area contributed by atoms with E-state index in [0.29, 0.717) is 22.0 Å². The molecular formula is C41H30F5N3O5S2. The molecule has 15 heteroatoms. The molecule has 0 amide bonds. The lowest BCUT2D eigenvalue weighted by molar-refractivity contribution is -0.403. The SMILES string of the molecule is Cc1cccc(C)c1Nc1ccc2c(-c3ccccc3S(=O)(=O)[N-]S(=O)(=O)c3c(F)c(F)c(F)c(F)c3F)c3ccc(=[NH+]c4c(C)cccc4C)cc-3oc2c1. The van der Waals surface area contributed by atoms with E-state index in [-0.39, 0.29) is 22.5 Å². The van der Waals surface area contributed by atoms with Crippen LogP contribution in [0.2, 0.25) is 0 Å². The number of anilines is 2. The Bertz CT molecular complexity index is 2950. The predicted molar refractivity (Wildman–Crippen MR) is 201 cm³/mol. The van der Waals surface area contributed by atoms with E-state index in [2.05, 4.69) is 14.4 Å². The van der Waals surface area contributed by atoms with Gasteiger partial charge in [0.05, 0.1) is 11.0 Å². The van der Waals surface area contributed by atoms with Gasteiger partial charge in [0.15, 0.2) is 23.3 Å². The molecule has 1 aliphatic carbocycles. The van der Waals surface area contributed by atoms with Gasteiger partial charge in [0, 0.05) is 56.7 Å². The lowest BCUT2D eigenvalue weighted by Crippen LogP contribution is -2.71. The van der Waals surface area contributed by atoms with Gasteiger partial charge in [0.2, 0.25) is 16.9 Å². The first-order valence-corrected chi connectivity index (χ1v) is 19.7. The molecule has 0 bridgehead atoms. The number of rotatable bonds is 8. The number of hydrogen-bond acceptors (Lipinski definition) is 6. The molecule has 7 rings (SSSR count). The molecule has 5 aromatic carbocycles. The smallest absolute Gasteiger partial charge is 0.209 e. The molecule has 286 valence electrons. The Morgan fingerprint density at radius 3 is 1.84 bits per heavy atom. The van der Waals surface area contributed by atoms with Crippen molar-refractivity contribution in [1.82, 2.24) is 0 Å². The molecule has 0 saturated carbocycles. The lowest BCUT2D eigenvalue weighted by Gasteiger charge is -2.24. The van der Waals surface area contributed by atoms with Crippen molar-refractivity contribution in [2.24, 2.45) is 0 Å². The third kappa shape index (κ3) is 6.82. The highest BCUT2D eigenvalue weighted by atomic mass is 32.3. The van der Waals surface area contributed by atoms with Crippen LogP contribution in [0.3, 0.4) is 0 Å². The largest absolute Gasteiger partial charge is 0.456 e. The molecule has 0 unspecified atom stereocenters. The van der Waals surface area contributed by atoms with Crippen molar-refractivity contribution in [3.05, 3.63) is 158 Å². The normalized spacial score (nSPS) is 12.5. The third-order valence-corrected chi connectivity index (χ3v) is 12.6. The van der Waals surface area contributed by atoms with Crippen LogP contribution in [-0.4, -0.2) is 16.8 Å². The number of halogens is 5. The summed E-state index contributed by atoms with van der Waals surface area (Å²) in [7, 11) is -11.5. The monoisotopic (exact) mass is 803 g/mol. The number of aryl methyl sites for hydroxylation is 4. The first-order chi connectivity index (χ1) is 26.5. The van der Waals surface area contributed by atoms with Crippen LogP contribution < -0.4 is 15.7 Å². The zero-order chi connectivity index (χ0) is 40.3. The van der Waals surface area contributed by atoms with Gasteiger partial charge in [-0.25, -0.2) is 43.8 Å². The Kier molecular flexibility index (Phi) is 9.81. The number of benzene rings is 6. The van der Waals surface area contributed by atoms with E-state index < -0.39 is 58.9 Å². The topological polar surface area (TPSA) is 122 Å². The molecular weight excluding hydrogens is 774 g/mol. The zero-order valence-electron chi connectivity index (χ0n) is 29.9. The number of nitrogens with zero attached hydrogens (tertiary/aromatic N) is 1. The average Bonchev–Trinajstić information content (AvgIpc) is 3.14. The molecule has 2 N–H and O–H groups in total.